The molecule has 168 valence electrons. The van der Waals surface area contributed by atoms with Crippen LogP contribution in [0.1, 0.15) is 18.1 Å². The molecule has 3 aromatic rings. The predicted octanol–water partition coefficient (Wildman–Crippen LogP) is 4.25. The fraction of sp³-hybridized carbons (Fsp3) is 0.208. The Hall–Kier alpha value is -2.87. The molecule has 0 saturated heterocycles. The van der Waals surface area contributed by atoms with Gasteiger partial charge in [-0.15, -0.1) is 0 Å². The van der Waals surface area contributed by atoms with E-state index in [2.05, 4.69) is 5.32 Å². The first-order valence-corrected chi connectivity index (χ1v) is 12.0. The van der Waals surface area contributed by atoms with Crippen molar-refractivity contribution in [3.8, 4) is 5.75 Å². The highest BCUT2D eigenvalue weighted by molar-refractivity contribution is 7.89. The standard InChI is InChI=1S/C24H25ClN2O4S/c1-2-31-21-12-14-22(15-13-21)32(29,30)27(17-19-8-4-3-5-9-19)18-24(28)26-16-20-10-6-7-11-23(20)25/h3-15H,2,16-18H2,1H3,(H,26,28). The molecule has 1 amide bonds. The van der Waals surface area contributed by atoms with Gasteiger partial charge in [-0.3, -0.25) is 4.79 Å². The second kappa shape index (κ2) is 11.1. The number of benzene rings is 3. The molecule has 0 aliphatic rings. The highest BCUT2D eigenvalue weighted by Gasteiger charge is 2.27. The number of halogens is 1. The predicted molar refractivity (Wildman–Crippen MR) is 125 cm³/mol. The molecule has 0 aliphatic carbocycles. The molecule has 8 heteroatoms. The Kier molecular flexibility index (Phi) is 8.27. The molecular formula is C24H25ClN2O4S. The van der Waals surface area contributed by atoms with Gasteiger partial charge in [0.05, 0.1) is 18.0 Å². The molecule has 0 bridgehead atoms. The van der Waals surface area contributed by atoms with Crippen molar-refractivity contribution >= 4 is 27.5 Å². The summed E-state index contributed by atoms with van der Waals surface area (Å²) >= 11 is 6.14. The summed E-state index contributed by atoms with van der Waals surface area (Å²) in [6.45, 7) is 2.29. The zero-order valence-electron chi connectivity index (χ0n) is 17.7. The van der Waals surface area contributed by atoms with Crippen molar-refractivity contribution in [1.82, 2.24) is 9.62 Å². The maximum Gasteiger partial charge on any atom is 0.243 e. The van der Waals surface area contributed by atoms with Crippen LogP contribution in [0.5, 0.6) is 5.75 Å². The average molecular weight is 473 g/mol. The minimum atomic E-state index is -3.93. The molecule has 1 N–H and O–H groups in total. The molecule has 6 nitrogen and oxygen atoms in total. The molecule has 0 atom stereocenters. The van der Waals surface area contributed by atoms with Crippen molar-refractivity contribution in [3.63, 3.8) is 0 Å². The van der Waals surface area contributed by atoms with Gasteiger partial charge < -0.3 is 10.1 Å². The van der Waals surface area contributed by atoms with Gasteiger partial charge in [0.2, 0.25) is 15.9 Å². The van der Waals surface area contributed by atoms with Gasteiger partial charge in [0, 0.05) is 18.1 Å². The minimum absolute atomic E-state index is 0.0654. The van der Waals surface area contributed by atoms with Gasteiger partial charge in [-0.25, -0.2) is 8.42 Å². The molecule has 0 radical (unpaired) electrons. The second-order valence-corrected chi connectivity index (χ2v) is 9.38. The Morgan fingerprint density at radius 3 is 2.28 bits per heavy atom. The van der Waals surface area contributed by atoms with E-state index in [4.69, 9.17) is 16.3 Å². The average Bonchev–Trinajstić information content (AvgIpc) is 2.79. The summed E-state index contributed by atoms with van der Waals surface area (Å²) in [4.78, 5) is 12.8. The van der Waals surface area contributed by atoms with E-state index in [-0.39, 0.29) is 24.5 Å². The van der Waals surface area contributed by atoms with E-state index >= 15 is 0 Å². The number of ether oxygens (including phenoxy) is 1. The molecule has 3 aromatic carbocycles. The van der Waals surface area contributed by atoms with Crippen molar-refractivity contribution in [2.75, 3.05) is 13.2 Å². The summed E-state index contributed by atoms with van der Waals surface area (Å²) in [7, 11) is -3.93. The van der Waals surface area contributed by atoms with Crippen molar-refractivity contribution < 1.29 is 17.9 Å². The number of amides is 1. The number of carbonyl (C=O) groups excluding carboxylic acids is 1. The Bertz CT molecular complexity index is 1140. The summed E-state index contributed by atoms with van der Waals surface area (Å²) in [6.07, 6.45) is 0. The zero-order valence-corrected chi connectivity index (χ0v) is 19.3. The van der Waals surface area contributed by atoms with Gasteiger partial charge in [-0.05, 0) is 48.4 Å². The van der Waals surface area contributed by atoms with Crippen LogP contribution >= 0.6 is 11.6 Å². The second-order valence-electron chi connectivity index (χ2n) is 7.03. The van der Waals surface area contributed by atoms with Gasteiger partial charge in [0.25, 0.3) is 0 Å². The number of carbonyl (C=O) groups is 1. The zero-order chi connectivity index (χ0) is 23.0. The maximum atomic E-state index is 13.4. The fourth-order valence-electron chi connectivity index (χ4n) is 3.09. The van der Waals surface area contributed by atoms with Crippen LogP contribution in [-0.2, 0) is 27.9 Å². The monoisotopic (exact) mass is 472 g/mol. The lowest BCUT2D eigenvalue weighted by Crippen LogP contribution is -2.40. The van der Waals surface area contributed by atoms with E-state index < -0.39 is 15.9 Å². The summed E-state index contributed by atoms with van der Waals surface area (Å²) in [5.41, 5.74) is 1.53. The third kappa shape index (κ3) is 6.32. The smallest absolute Gasteiger partial charge is 0.243 e. The van der Waals surface area contributed by atoms with E-state index in [1.54, 1.807) is 30.3 Å². The summed E-state index contributed by atoms with van der Waals surface area (Å²) in [5, 5.41) is 3.29. The largest absolute Gasteiger partial charge is 0.494 e. The first-order chi connectivity index (χ1) is 15.4. The van der Waals surface area contributed by atoms with Crippen LogP contribution in [0.3, 0.4) is 0 Å². The van der Waals surface area contributed by atoms with Gasteiger partial charge in [-0.1, -0.05) is 60.1 Å². The highest BCUT2D eigenvalue weighted by Crippen LogP contribution is 2.21. The van der Waals surface area contributed by atoms with Crippen LogP contribution in [0.15, 0.2) is 83.8 Å². The summed E-state index contributed by atoms with van der Waals surface area (Å²) in [5.74, 6) is 0.161. The third-order valence-corrected chi connectivity index (χ3v) is 6.90. The van der Waals surface area contributed by atoms with Gasteiger partial charge >= 0.3 is 0 Å². The number of rotatable bonds is 10. The van der Waals surface area contributed by atoms with Gasteiger partial charge in [-0.2, -0.15) is 4.31 Å². The molecule has 0 fully saturated rings. The van der Waals surface area contributed by atoms with E-state index in [1.807, 2.05) is 43.3 Å². The molecule has 0 aliphatic heterocycles. The first kappa shape index (κ1) is 23.8. The lowest BCUT2D eigenvalue weighted by atomic mass is 10.2. The number of sulfonamides is 1. The van der Waals surface area contributed by atoms with Crippen molar-refractivity contribution in [3.05, 3.63) is 95.0 Å². The Morgan fingerprint density at radius 1 is 0.969 bits per heavy atom. The molecule has 32 heavy (non-hydrogen) atoms. The minimum Gasteiger partial charge on any atom is -0.494 e. The van der Waals surface area contributed by atoms with Crippen molar-refractivity contribution in [2.45, 2.75) is 24.9 Å². The summed E-state index contributed by atoms with van der Waals surface area (Å²) < 4.78 is 33.3. The molecule has 0 unspecified atom stereocenters. The maximum absolute atomic E-state index is 13.4. The lowest BCUT2D eigenvalue weighted by molar-refractivity contribution is -0.121. The molecule has 0 saturated carbocycles. The molecule has 3 rings (SSSR count). The van der Waals surface area contributed by atoms with E-state index in [0.717, 1.165) is 11.1 Å². The first-order valence-electron chi connectivity index (χ1n) is 10.2. The van der Waals surface area contributed by atoms with Crippen LogP contribution in [0, 0.1) is 0 Å². The molecule has 0 spiro atoms. The summed E-state index contributed by atoms with van der Waals surface area (Å²) in [6, 6.07) is 22.5. The molecule has 0 heterocycles. The molecule has 0 aromatic heterocycles. The van der Waals surface area contributed by atoms with Crippen molar-refractivity contribution in [2.24, 2.45) is 0 Å². The Morgan fingerprint density at radius 2 is 1.62 bits per heavy atom. The van der Waals surface area contributed by atoms with E-state index in [0.29, 0.717) is 17.4 Å². The van der Waals surface area contributed by atoms with Gasteiger partial charge in [0.1, 0.15) is 5.75 Å². The third-order valence-electron chi connectivity index (χ3n) is 4.73. The number of hydrogen-bond acceptors (Lipinski definition) is 4. The number of hydrogen-bond donors (Lipinski definition) is 1. The van der Waals surface area contributed by atoms with Crippen LogP contribution < -0.4 is 10.1 Å². The Balaban J connectivity index is 1.79. The van der Waals surface area contributed by atoms with Crippen LogP contribution in [0.4, 0.5) is 0 Å². The molecular weight excluding hydrogens is 448 g/mol. The number of nitrogens with one attached hydrogen (secondary N) is 1. The van der Waals surface area contributed by atoms with E-state index in [9.17, 15) is 13.2 Å². The fourth-order valence-corrected chi connectivity index (χ4v) is 4.68. The van der Waals surface area contributed by atoms with Gasteiger partial charge in [0.15, 0.2) is 0 Å². The van der Waals surface area contributed by atoms with Crippen LogP contribution in [0.2, 0.25) is 5.02 Å². The van der Waals surface area contributed by atoms with E-state index in [1.165, 1.54) is 16.4 Å². The van der Waals surface area contributed by atoms with Crippen LogP contribution in [-0.4, -0.2) is 31.8 Å². The normalized spacial score (nSPS) is 11.3. The topological polar surface area (TPSA) is 75.7 Å². The van der Waals surface area contributed by atoms with Crippen molar-refractivity contribution in [1.29, 1.82) is 0 Å². The van der Waals surface area contributed by atoms with Crippen LogP contribution in [0.25, 0.3) is 0 Å². The number of nitrogens with zero attached hydrogens (tertiary/aromatic N) is 1. The highest BCUT2D eigenvalue weighted by atomic mass is 35.5. The quantitative estimate of drug-likeness (QED) is 0.478. The Labute approximate surface area is 193 Å². The SMILES string of the molecule is CCOc1ccc(S(=O)(=O)N(CC(=O)NCc2ccccc2Cl)Cc2ccccc2)cc1. The lowest BCUT2D eigenvalue weighted by Gasteiger charge is -2.22.